The zero-order valence-electron chi connectivity index (χ0n) is 6.95. The van der Waals surface area contributed by atoms with Gasteiger partial charge in [-0.3, -0.25) is 0 Å². The van der Waals surface area contributed by atoms with E-state index < -0.39 is 12.1 Å². The van der Waals surface area contributed by atoms with Gasteiger partial charge in [-0.15, -0.1) is 0 Å². The van der Waals surface area contributed by atoms with Crippen LogP contribution in [0, 0.1) is 0 Å². The van der Waals surface area contributed by atoms with Gasteiger partial charge in [-0.2, -0.15) is 0 Å². The quantitative estimate of drug-likeness (QED) is 0.649. The number of carboxylic acid groups (broad SMARTS) is 1. The fourth-order valence-electron chi connectivity index (χ4n) is 1.22. The number of hydrogen-bond acceptors (Lipinski definition) is 2. The molecule has 66 valence electrons. The maximum absolute atomic E-state index is 10.4. The lowest BCUT2D eigenvalue weighted by molar-refractivity contribution is -0.144. The maximum atomic E-state index is 10.4. The molecule has 1 aliphatic carbocycles. The Morgan fingerprint density at radius 3 is 2.83 bits per heavy atom. The summed E-state index contributed by atoms with van der Waals surface area (Å²) >= 11 is 0. The van der Waals surface area contributed by atoms with Crippen LogP contribution in [0.4, 0.5) is 0 Å². The SMILES string of the molecule is CC1=CC(C(O)C(=O)O)=CCC1. The zero-order valence-corrected chi connectivity index (χ0v) is 6.95. The monoisotopic (exact) mass is 168 g/mol. The first kappa shape index (κ1) is 9.00. The van der Waals surface area contributed by atoms with Gasteiger partial charge in [0.2, 0.25) is 0 Å². The average Bonchev–Trinajstić information content (AvgIpc) is 2.03. The molecule has 0 aromatic rings. The Bertz CT molecular complexity index is 250. The minimum Gasteiger partial charge on any atom is -0.479 e. The molecule has 0 bridgehead atoms. The van der Waals surface area contributed by atoms with Crippen LogP contribution in [0.2, 0.25) is 0 Å². The lowest BCUT2D eigenvalue weighted by atomic mass is 9.97. The molecule has 0 aromatic heterocycles. The van der Waals surface area contributed by atoms with Crippen molar-refractivity contribution in [2.45, 2.75) is 25.9 Å². The number of rotatable bonds is 2. The van der Waals surface area contributed by atoms with Gasteiger partial charge >= 0.3 is 5.97 Å². The normalized spacial score (nSPS) is 19.5. The highest BCUT2D eigenvalue weighted by molar-refractivity contribution is 5.77. The summed E-state index contributed by atoms with van der Waals surface area (Å²) < 4.78 is 0. The molecule has 1 aliphatic rings. The third kappa shape index (κ3) is 1.95. The second kappa shape index (κ2) is 3.54. The van der Waals surface area contributed by atoms with Crippen molar-refractivity contribution in [3.8, 4) is 0 Å². The van der Waals surface area contributed by atoms with Gasteiger partial charge in [0, 0.05) is 0 Å². The van der Waals surface area contributed by atoms with Gasteiger partial charge in [0.1, 0.15) is 0 Å². The van der Waals surface area contributed by atoms with Crippen molar-refractivity contribution in [2.24, 2.45) is 0 Å². The highest BCUT2D eigenvalue weighted by atomic mass is 16.4. The van der Waals surface area contributed by atoms with Crippen LogP contribution in [0.3, 0.4) is 0 Å². The van der Waals surface area contributed by atoms with E-state index in [1.807, 2.05) is 6.92 Å². The fourth-order valence-corrected chi connectivity index (χ4v) is 1.22. The molecule has 3 nitrogen and oxygen atoms in total. The van der Waals surface area contributed by atoms with Crippen molar-refractivity contribution in [3.05, 3.63) is 23.3 Å². The molecule has 0 heterocycles. The van der Waals surface area contributed by atoms with Crippen molar-refractivity contribution in [3.63, 3.8) is 0 Å². The van der Waals surface area contributed by atoms with Crippen molar-refractivity contribution < 1.29 is 15.0 Å². The first-order chi connectivity index (χ1) is 5.61. The Morgan fingerprint density at radius 1 is 1.67 bits per heavy atom. The number of aliphatic hydroxyl groups excluding tert-OH is 1. The number of aliphatic hydroxyl groups is 1. The van der Waals surface area contributed by atoms with E-state index in [-0.39, 0.29) is 0 Å². The van der Waals surface area contributed by atoms with E-state index in [4.69, 9.17) is 10.2 Å². The van der Waals surface area contributed by atoms with E-state index in [0.717, 1.165) is 18.4 Å². The predicted molar refractivity (Wildman–Crippen MR) is 44.7 cm³/mol. The molecular formula is C9H12O3. The lowest BCUT2D eigenvalue weighted by Gasteiger charge is -2.12. The summed E-state index contributed by atoms with van der Waals surface area (Å²) in [6.07, 6.45) is 3.92. The summed E-state index contributed by atoms with van der Waals surface area (Å²) in [7, 11) is 0. The van der Waals surface area contributed by atoms with E-state index >= 15 is 0 Å². The van der Waals surface area contributed by atoms with Crippen molar-refractivity contribution in [2.75, 3.05) is 0 Å². The van der Waals surface area contributed by atoms with E-state index in [9.17, 15) is 4.79 Å². The molecule has 2 N–H and O–H groups in total. The van der Waals surface area contributed by atoms with E-state index in [1.165, 1.54) is 0 Å². The lowest BCUT2D eigenvalue weighted by Crippen LogP contribution is -2.21. The summed E-state index contributed by atoms with van der Waals surface area (Å²) in [5.41, 5.74) is 1.62. The Labute approximate surface area is 71.0 Å². The molecule has 1 rings (SSSR count). The third-order valence-corrected chi connectivity index (χ3v) is 1.88. The number of allylic oxidation sites excluding steroid dienone is 2. The number of hydrogen-bond donors (Lipinski definition) is 2. The highest BCUT2D eigenvalue weighted by Gasteiger charge is 2.18. The zero-order chi connectivity index (χ0) is 9.14. The smallest absolute Gasteiger partial charge is 0.337 e. The standard InChI is InChI=1S/C9H12O3/c1-6-3-2-4-7(5-6)8(10)9(11)12/h4-5,8,10H,2-3H2,1H3,(H,11,12). The topological polar surface area (TPSA) is 57.5 Å². The summed E-state index contributed by atoms with van der Waals surface area (Å²) in [4.78, 5) is 10.4. The van der Waals surface area contributed by atoms with Crippen LogP contribution in [0.1, 0.15) is 19.8 Å². The molecule has 0 saturated carbocycles. The van der Waals surface area contributed by atoms with Gasteiger partial charge in [-0.25, -0.2) is 4.79 Å². The second-order valence-corrected chi connectivity index (χ2v) is 2.97. The Kier molecular flexibility index (Phi) is 2.65. The molecule has 3 heteroatoms. The Morgan fingerprint density at radius 2 is 2.33 bits per heavy atom. The molecule has 0 aliphatic heterocycles. The van der Waals surface area contributed by atoms with Crippen LogP contribution >= 0.6 is 0 Å². The molecule has 0 spiro atoms. The number of carbonyl (C=O) groups is 1. The third-order valence-electron chi connectivity index (χ3n) is 1.88. The average molecular weight is 168 g/mol. The van der Waals surface area contributed by atoms with Crippen molar-refractivity contribution >= 4 is 5.97 Å². The summed E-state index contributed by atoms with van der Waals surface area (Å²) in [6.45, 7) is 1.93. The van der Waals surface area contributed by atoms with Gasteiger partial charge in [0.05, 0.1) is 0 Å². The van der Waals surface area contributed by atoms with E-state index in [2.05, 4.69) is 0 Å². The maximum Gasteiger partial charge on any atom is 0.337 e. The number of aliphatic carboxylic acids is 1. The van der Waals surface area contributed by atoms with Gasteiger partial charge in [0.25, 0.3) is 0 Å². The first-order valence-electron chi connectivity index (χ1n) is 3.89. The molecule has 0 amide bonds. The van der Waals surface area contributed by atoms with Gasteiger partial charge in [0.15, 0.2) is 6.10 Å². The largest absolute Gasteiger partial charge is 0.479 e. The molecular weight excluding hydrogens is 156 g/mol. The summed E-state index contributed by atoms with van der Waals surface area (Å²) in [5.74, 6) is -1.19. The van der Waals surface area contributed by atoms with Crippen molar-refractivity contribution in [1.29, 1.82) is 0 Å². The summed E-state index contributed by atoms with van der Waals surface area (Å²) in [6, 6.07) is 0. The van der Waals surface area contributed by atoms with Crippen LogP contribution in [0.25, 0.3) is 0 Å². The molecule has 0 fully saturated rings. The molecule has 0 saturated heterocycles. The molecule has 12 heavy (non-hydrogen) atoms. The van der Waals surface area contributed by atoms with Gasteiger partial charge in [-0.05, 0) is 25.3 Å². The minimum absolute atomic E-state index is 0.506. The Balaban J connectivity index is 2.76. The van der Waals surface area contributed by atoms with Crippen LogP contribution in [0.5, 0.6) is 0 Å². The first-order valence-corrected chi connectivity index (χ1v) is 3.89. The van der Waals surface area contributed by atoms with Crippen LogP contribution in [-0.2, 0) is 4.79 Å². The Hall–Kier alpha value is -1.09. The fraction of sp³-hybridized carbons (Fsp3) is 0.444. The highest BCUT2D eigenvalue weighted by Crippen LogP contribution is 2.18. The molecule has 0 aromatic carbocycles. The van der Waals surface area contributed by atoms with Crippen LogP contribution in [0.15, 0.2) is 23.3 Å². The molecule has 0 radical (unpaired) electrons. The minimum atomic E-state index is -1.36. The van der Waals surface area contributed by atoms with Gasteiger partial charge in [-0.1, -0.05) is 17.7 Å². The molecule has 1 atom stereocenters. The van der Waals surface area contributed by atoms with Gasteiger partial charge < -0.3 is 10.2 Å². The second-order valence-electron chi connectivity index (χ2n) is 2.97. The van der Waals surface area contributed by atoms with E-state index in [1.54, 1.807) is 12.2 Å². The van der Waals surface area contributed by atoms with Crippen molar-refractivity contribution in [1.82, 2.24) is 0 Å². The predicted octanol–water partition coefficient (Wildman–Crippen LogP) is 1.10. The summed E-state index contributed by atoms with van der Waals surface area (Å²) in [5, 5.41) is 17.7. The van der Waals surface area contributed by atoms with Crippen LogP contribution in [-0.4, -0.2) is 22.3 Å². The molecule has 1 unspecified atom stereocenters. The number of carboxylic acids is 1. The van der Waals surface area contributed by atoms with Crippen LogP contribution < -0.4 is 0 Å². The van der Waals surface area contributed by atoms with E-state index in [0.29, 0.717) is 5.57 Å².